The molecular weight excluding hydrogens is 244 g/mol. The summed E-state index contributed by atoms with van der Waals surface area (Å²) in [5, 5.41) is 5.44. The third-order valence-electron chi connectivity index (χ3n) is 4.36. The number of carbonyl (C=O) groups excluding carboxylic acids is 1. The fraction of sp³-hybridized carbons (Fsp3) is 0.643. The van der Waals surface area contributed by atoms with E-state index in [9.17, 15) is 4.79 Å². The lowest BCUT2D eigenvalue weighted by Crippen LogP contribution is -2.44. The van der Waals surface area contributed by atoms with Crippen LogP contribution in [0.15, 0.2) is 17.5 Å². The van der Waals surface area contributed by atoms with Gasteiger partial charge in [0.1, 0.15) is 6.17 Å². The molecule has 2 fully saturated rings. The van der Waals surface area contributed by atoms with Gasteiger partial charge in [-0.25, -0.2) is 0 Å². The highest BCUT2D eigenvalue weighted by atomic mass is 32.1. The number of thiophene rings is 1. The summed E-state index contributed by atoms with van der Waals surface area (Å²) in [5.41, 5.74) is 0.247. The second-order valence-electron chi connectivity index (χ2n) is 6.00. The molecule has 3 nitrogen and oxygen atoms in total. The summed E-state index contributed by atoms with van der Waals surface area (Å²) in [6, 6.07) is 4.56. The van der Waals surface area contributed by atoms with E-state index in [4.69, 9.17) is 0 Å². The lowest BCUT2D eigenvalue weighted by atomic mass is 9.86. The lowest BCUT2D eigenvalue weighted by molar-refractivity contribution is -0.132. The van der Waals surface area contributed by atoms with Crippen LogP contribution in [0.3, 0.4) is 0 Å². The summed E-state index contributed by atoms with van der Waals surface area (Å²) in [7, 11) is 0. The third kappa shape index (κ3) is 1.88. The van der Waals surface area contributed by atoms with Gasteiger partial charge in [0.15, 0.2) is 0 Å². The molecule has 1 saturated heterocycles. The fourth-order valence-corrected chi connectivity index (χ4v) is 4.18. The minimum absolute atomic E-state index is 0.0971. The summed E-state index contributed by atoms with van der Waals surface area (Å²) in [5.74, 6) is 0.258. The van der Waals surface area contributed by atoms with Gasteiger partial charge in [-0.15, -0.1) is 11.3 Å². The number of rotatable bonds is 2. The van der Waals surface area contributed by atoms with Gasteiger partial charge in [-0.1, -0.05) is 26.3 Å². The van der Waals surface area contributed by atoms with Gasteiger partial charge in [-0.05, 0) is 29.7 Å². The molecule has 2 aliphatic rings. The van der Waals surface area contributed by atoms with E-state index in [1.807, 2.05) is 0 Å². The molecule has 2 atom stereocenters. The van der Waals surface area contributed by atoms with E-state index in [-0.39, 0.29) is 17.5 Å². The van der Waals surface area contributed by atoms with Crippen molar-refractivity contribution in [1.82, 2.24) is 10.2 Å². The predicted molar refractivity (Wildman–Crippen MR) is 73.3 cm³/mol. The zero-order chi connectivity index (χ0) is 12.8. The Hall–Kier alpha value is -0.870. The van der Waals surface area contributed by atoms with Gasteiger partial charge >= 0.3 is 0 Å². The highest BCUT2D eigenvalue weighted by Gasteiger charge is 2.45. The maximum absolute atomic E-state index is 12.2. The monoisotopic (exact) mass is 264 g/mol. The van der Waals surface area contributed by atoms with Gasteiger partial charge in [0.05, 0.1) is 6.54 Å². The summed E-state index contributed by atoms with van der Waals surface area (Å²) in [6.07, 6.45) is 3.69. The van der Waals surface area contributed by atoms with Crippen LogP contribution in [0.4, 0.5) is 0 Å². The Balaban J connectivity index is 1.90. The molecule has 4 heteroatoms. The largest absolute Gasteiger partial charge is 0.317 e. The highest BCUT2D eigenvalue weighted by Crippen LogP contribution is 2.44. The van der Waals surface area contributed by atoms with Gasteiger partial charge in [-0.3, -0.25) is 10.1 Å². The van der Waals surface area contributed by atoms with Crippen molar-refractivity contribution in [2.75, 3.05) is 6.54 Å². The first-order valence-electron chi connectivity index (χ1n) is 6.67. The summed E-state index contributed by atoms with van der Waals surface area (Å²) >= 11 is 1.73. The van der Waals surface area contributed by atoms with E-state index >= 15 is 0 Å². The molecular formula is C14H20N2OS. The Kier molecular flexibility index (Phi) is 2.94. The maximum atomic E-state index is 12.2. The standard InChI is InChI=1S/C14H20N2OS/c1-14(2)7-3-6-11(14)16-12(17)9-15-13(16)10-5-4-8-18-10/h4-5,8,11,13,15H,3,6-7,9H2,1-2H3. The molecule has 3 rings (SSSR count). The van der Waals surface area contributed by atoms with Crippen LogP contribution in [0.2, 0.25) is 0 Å². The molecule has 0 spiro atoms. The number of nitrogens with zero attached hydrogens (tertiary/aromatic N) is 1. The van der Waals surface area contributed by atoms with Crippen LogP contribution in [0, 0.1) is 5.41 Å². The zero-order valence-electron chi connectivity index (χ0n) is 11.0. The number of hydrogen-bond donors (Lipinski definition) is 1. The van der Waals surface area contributed by atoms with Gasteiger partial charge in [-0.2, -0.15) is 0 Å². The second kappa shape index (κ2) is 4.35. The van der Waals surface area contributed by atoms with Crippen LogP contribution in [0.5, 0.6) is 0 Å². The van der Waals surface area contributed by atoms with Crippen LogP contribution in [0.1, 0.15) is 44.2 Å². The molecule has 1 saturated carbocycles. The summed E-state index contributed by atoms with van der Waals surface area (Å²) in [6.45, 7) is 5.07. The molecule has 1 aliphatic heterocycles. The molecule has 2 heterocycles. The average molecular weight is 264 g/mol. The van der Waals surface area contributed by atoms with E-state index in [0.717, 1.165) is 6.42 Å². The molecule has 1 aromatic rings. The fourth-order valence-electron chi connectivity index (χ4n) is 3.38. The topological polar surface area (TPSA) is 32.3 Å². The first-order valence-corrected chi connectivity index (χ1v) is 7.55. The zero-order valence-corrected chi connectivity index (χ0v) is 11.8. The minimum atomic E-state index is 0.0971. The molecule has 2 unspecified atom stereocenters. The molecule has 1 N–H and O–H groups in total. The van der Waals surface area contributed by atoms with Gasteiger partial charge < -0.3 is 4.90 Å². The Morgan fingerprint density at radius 1 is 1.50 bits per heavy atom. The van der Waals surface area contributed by atoms with Gasteiger partial charge in [0.25, 0.3) is 0 Å². The van der Waals surface area contributed by atoms with Crippen LogP contribution in [-0.2, 0) is 4.79 Å². The van der Waals surface area contributed by atoms with Crippen molar-refractivity contribution in [3.63, 3.8) is 0 Å². The van der Waals surface area contributed by atoms with E-state index in [1.165, 1.54) is 17.7 Å². The van der Waals surface area contributed by atoms with Crippen molar-refractivity contribution < 1.29 is 4.79 Å². The highest BCUT2D eigenvalue weighted by molar-refractivity contribution is 7.10. The van der Waals surface area contributed by atoms with Crippen molar-refractivity contribution in [3.8, 4) is 0 Å². The Labute approximate surface area is 112 Å². The van der Waals surface area contributed by atoms with E-state index in [0.29, 0.717) is 12.6 Å². The molecule has 1 aromatic heterocycles. The van der Waals surface area contributed by atoms with Crippen molar-refractivity contribution in [1.29, 1.82) is 0 Å². The second-order valence-corrected chi connectivity index (χ2v) is 6.98. The van der Waals surface area contributed by atoms with Crippen molar-refractivity contribution in [2.45, 2.75) is 45.3 Å². The smallest absolute Gasteiger partial charge is 0.238 e. The molecule has 1 amide bonds. The van der Waals surface area contributed by atoms with Crippen LogP contribution in [0.25, 0.3) is 0 Å². The number of hydrogen-bond acceptors (Lipinski definition) is 3. The normalized spacial score (nSPS) is 31.2. The minimum Gasteiger partial charge on any atom is -0.317 e. The number of nitrogens with one attached hydrogen (secondary N) is 1. The van der Waals surface area contributed by atoms with Crippen molar-refractivity contribution >= 4 is 17.2 Å². The SMILES string of the molecule is CC1(C)CCCC1N1C(=O)CNC1c1cccs1. The lowest BCUT2D eigenvalue weighted by Gasteiger charge is -2.38. The molecule has 18 heavy (non-hydrogen) atoms. The average Bonchev–Trinajstić information content (AvgIpc) is 2.98. The molecule has 0 bridgehead atoms. The number of carbonyl (C=O) groups is 1. The Morgan fingerprint density at radius 2 is 2.33 bits per heavy atom. The molecule has 0 radical (unpaired) electrons. The molecule has 0 aromatic carbocycles. The van der Waals surface area contributed by atoms with E-state index in [1.54, 1.807) is 11.3 Å². The predicted octanol–water partition coefficient (Wildman–Crippen LogP) is 2.76. The van der Waals surface area contributed by atoms with Crippen molar-refractivity contribution in [2.24, 2.45) is 5.41 Å². The third-order valence-corrected chi connectivity index (χ3v) is 5.29. The first-order chi connectivity index (χ1) is 8.59. The van der Waals surface area contributed by atoms with Gasteiger partial charge in [0.2, 0.25) is 5.91 Å². The maximum Gasteiger partial charge on any atom is 0.238 e. The van der Waals surface area contributed by atoms with Crippen LogP contribution in [-0.4, -0.2) is 23.4 Å². The molecule has 1 aliphatic carbocycles. The molecule has 98 valence electrons. The van der Waals surface area contributed by atoms with Gasteiger partial charge in [0, 0.05) is 10.9 Å². The van der Waals surface area contributed by atoms with E-state index < -0.39 is 0 Å². The van der Waals surface area contributed by atoms with Crippen LogP contribution >= 0.6 is 11.3 Å². The summed E-state index contributed by atoms with van der Waals surface area (Å²) in [4.78, 5) is 15.6. The van der Waals surface area contributed by atoms with E-state index in [2.05, 4.69) is 41.6 Å². The Morgan fingerprint density at radius 3 is 2.94 bits per heavy atom. The Bertz CT molecular complexity index is 441. The number of amides is 1. The van der Waals surface area contributed by atoms with Crippen molar-refractivity contribution in [3.05, 3.63) is 22.4 Å². The van der Waals surface area contributed by atoms with Crippen LogP contribution < -0.4 is 5.32 Å². The summed E-state index contributed by atoms with van der Waals surface area (Å²) < 4.78 is 0. The quantitative estimate of drug-likeness (QED) is 0.891. The first kappa shape index (κ1) is 12.2.